The summed E-state index contributed by atoms with van der Waals surface area (Å²) < 4.78 is 22.1. The molecule has 0 aliphatic heterocycles. The van der Waals surface area contributed by atoms with Crippen LogP contribution < -0.4 is 0 Å². The quantitative estimate of drug-likeness (QED) is 0.438. The minimum absolute atomic E-state index is 0.273. The Balaban J connectivity index is 4.27. The lowest BCUT2D eigenvalue weighted by Crippen LogP contribution is -2.25. The Hall–Kier alpha value is -0.760. The summed E-state index contributed by atoms with van der Waals surface area (Å²) in [4.78, 5) is 0. The molecule has 0 bridgehead atoms. The topological polar surface area (TPSA) is 61.2 Å². The van der Waals surface area contributed by atoms with Crippen molar-refractivity contribution >= 4 is 10.0 Å². The van der Waals surface area contributed by atoms with Crippen LogP contribution in [0.15, 0.2) is 0 Å². The third-order valence-corrected chi connectivity index (χ3v) is 2.00. The summed E-state index contributed by atoms with van der Waals surface area (Å²) in [6.45, 7) is 2.09. The van der Waals surface area contributed by atoms with Crippen LogP contribution in [0.3, 0.4) is 0 Å². The molecule has 0 aromatic rings. The third-order valence-electron chi connectivity index (χ3n) is 0.939. The second-order valence-electron chi connectivity index (χ2n) is 1.94. The van der Waals surface area contributed by atoms with Crippen molar-refractivity contribution in [2.24, 2.45) is 0 Å². The van der Waals surface area contributed by atoms with Gasteiger partial charge in [-0.2, -0.15) is 5.26 Å². The average Bonchev–Trinajstić information content (AvgIpc) is 1.80. The Morgan fingerprint density at radius 1 is 1.60 bits per heavy atom. The maximum atomic E-state index is 10.7. The number of nitriles is 1. The Bertz CT molecular complexity index is 227. The first kappa shape index (κ1) is 9.24. The molecule has 0 saturated heterocycles. The van der Waals surface area contributed by atoms with Crippen LogP contribution in [-0.2, 0) is 10.0 Å². The smallest absolute Gasteiger partial charge is 0.206 e. The van der Waals surface area contributed by atoms with Crippen LogP contribution in [0.4, 0.5) is 0 Å². The van der Waals surface area contributed by atoms with E-state index in [1.807, 2.05) is 6.92 Å². The van der Waals surface area contributed by atoms with Crippen LogP contribution in [0.2, 0.25) is 0 Å². The van der Waals surface area contributed by atoms with Gasteiger partial charge in [-0.15, -0.1) is 0 Å². The summed E-state index contributed by atoms with van der Waals surface area (Å²) in [6, 6.07) is 0. The van der Waals surface area contributed by atoms with Crippen molar-refractivity contribution in [2.75, 3.05) is 12.8 Å². The maximum Gasteiger partial charge on any atom is 0.240 e. The molecule has 0 fully saturated rings. The van der Waals surface area contributed by atoms with Gasteiger partial charge in [-0.25, -0.2) is 12.7 Å². The Kier molecular flexibility index (Phi) is 3.16. The van der Waals surface area contributed by atoms with E-state index in [2.05, 4.69) is 0 Å². The van der Waals surface area contributed by atoms with Crippen molar-refractivity contribution in [1.29, 1.82) is 5.26 Å². The molecule has 0 heterocycles. The van der Waals surface area contributed by atoms with Crippen LogP contribution in [0.5, 0.6) is 0 Å². The minimum Gasteiger partial charge on any atom is -0.206 e. The summed E-state index contributed by atoms with van der Waals surface area (Å²) in [6.07, 6.45) is 3.26. The van der Waals surface area contributed by atoms with Gasteiger partial charge in [0, 0.05) is 6.54 Å². The van der Waals surface area contributed by atoms with E-state index in [0.717, 1.165) is 10.6 Å². The number of hydrogen-bond acceptors (Lipinski definition) is 3. The van der Waals surface area contributed by atoms with E-state index in [4.69, 9.17) is 5.26 Å². The van der Waals surface area contributed by atoms with E-state index < -0.39 is 10.0 Å². The van der Waals surface area contributed by atoms with Crippen molar-refractivity contribution in [3.8, 4) is 6.19 Å². The van der Waals surface area contributed by atoms with E-state index in [1.54, 1.807) is 6.19 Å². The summed E-state index contributed by atoms with van der Waals surface area (Å²) in [7, 11) is -3.30. The Labute approximate surface area is 61.1 Å². The van der Waals surface area contributed by atoms with Crippen molar-refractivity contribution in [2.45, 2.75) is 13.3 Å². The van der Waals surface area contributed by atoms with Gasteiger partial charge < -0.3 is 0 Å². The molecular formula is C5H10N2O2S. The van der Waals surface area contributed by atoms with Crippen LogP contribution in [0.25, 0.3) is 0 Å². The molecule has 0 aromatic heterocycles. The van der Waals surface area contributed by atoms with Crippen molar-refractivity contribution in [1.82, 2.24) is 4.31 Å². The molecule has 0 atom stereocenters. The van der Waals surface area contributed by atoms with Crippen LogP contribution >= 0.6 is 0 Å². The zero-order valence-corrected chi connectivity index (χ0v) is 6.85. The zero-order chi connectivity index (χ0) is 8.20. The van der Waals surface area contributed by atoms with E-state index in [-0.39, 0.29) is 6.54 Å². The first-order valence-electron chi connectivity index (χ1n) is 2.89. The lowest BCUT2D eigenvalue weighted by Gasteiger charge is -2.09. The van der Waals surface area contributed by atoms with E-state index in [1.165, 1.54) is 0 Å². The highest BCUT2D eigenvalue weighted by Crippen LogP contribution is 1.95. The molecule has 0 rings (SSSR count). The van der Waals surface area contributed by atoms with Crippen molar-refractivity contribution in [3.63, 3.8) is 0 Å². The van der Waals surface area contributed by atoms with Gasteiger partial charge in [0.05, 0.1) is 6.26 Å². The number of hydrogen-bond donors (Lipinski definition) is 0. The standard InChI is InChI=1S/C5H10N2O2S/c1-3-4-7(5-6)10(2,8)9/h3-4H2,1-2H3. The Morgan fingerprint density at radius 3 is 2.20 bits per heavy atom. The van der Waals surface area contributed by atoms with Gasteiger partial charge in [0.15, 0.2) is 6.19 Å². The number of nitrogens with zero attached hydrogens (tertiary/aromatic N) is 2. The highest BCUT2D eigenvalue weighted by molar-refractivity contribution is 7.88. The highest BCUT2D eigenvalue weighted by atomic mass is 32.2. The predicted octanol–water partition coefficient (Wildman–Crippen LogP) is 0.139. The molecule has 5 heteroatoms. The van der Waals surface area contributed by atoms with Gasteiger partial charge in [0.2, 0.25) is 10.0 Å². The molecule has 4 nitrogen and oxygen atoms in total. The summed E-state index contributed by atoms with van der Waals surface area (Å²) in [5, 5.41) is 8.29. The molecule has 0 amide bonds. The molecule has 0 aliphatic carbocycles. The predicted molar refractivity (Wildman–Crippen MR) is 37.5 cm³/mol. The van der Waals surface area contributed by atoms with Crippen LogP contribution in [0.1, 0.15) is 13.3 Å². The molecule has 0 spiro atoms. The molecule has 0 radical (unpaired) electrons. The molecule has 0 unspecified atom stereocenters. The molecule has 58 valence electrons. The molecule has 0 aromatic carbocycles. The zero-order valence-electron chi connectivity index (χ0n) is 6.03. The molecule has 0 aliphatic rings. The SMILES string of the molecule is CCCN(C#N)S(C)(=O)=O. The second kappa shape index (κ2) is 3.42. The van der Waals surface area contributed by atoms with Crippen LogP contribution in [0, 0.1) is 11.5 Å². The van der Waals surface area contributed by atoms with Crippen molar-refractivity contribution < 1.29 is 8.42 Å². The maximum absolute atomic E-state index is 10.7. The Morgan fingerprint density at radius 2 is 2.10 bits per heavy atom. The first-order chi connectivity index (χ1) is 4.52. The van der Waals surface area contributed by atoms with E-state index in [9.17, 15) is 8.42 Å². The lowest BCUT2D eigenvalue weighted by atomic mass is 10.5. The van der Waals surface area contributed by atoms with Gasteiger partial charge in [-0.3, -0.25) is 0 Å². The summed E-state index contributed by atoms with van der Waals surface area (Å²) in [5.41, 5.74) is 0. The molecular weight excluding hydrogens is 152 g/mol. The van der Waals surface area contributed by atoms with E-state index >= 15 is 0 Å². The lowest BCUT2D eigenvalue weighted by molar-refractivity contribution is 0.511. The van der Waals surface area contributed by atoms with Gasteiger partial charge in [0.25, 0.3) is 0 Å². The minimum atomic E-state index is -3.30. The fourth-order valence-corrected chi connectivity index (χ4v) is 1.16. The fraction of sp³-hybridized carbons (Fsp3) is 0.800. The summed E-state index contributed by atoms with van der Waals surface area (Å²) in [5.74, 6) is 0. The highest BCUT2D eigenvalue weighted by Gasteiger charge is 2.11. The number of rotatable bonds is 3. The van der Waals surface area contributed by atoms with Gasteiger partial charge in [-0.1, -0.05) is 6.92 Å². The first-order valence-corrected chi connectivity index (χ1v) is 4.74. The van der Waals surface area contributed by atoms with E-state index in [0.29, 0.717) is 6.42 Å². The summed E-state index contributed by atoms with van der Waals surface area (Å²) >= 11 is 0. The fourth-order valence-electron chi connectivity index (χ4n) is 0.493. The van der Waals surface area contributed by atoms with Gasteiger partial charge in [0.1, 0.15) is 0 Å². The van der Waals surface area contributed by atoms with Gasteiger partial charge in [-0.05, 0) is 6.42 Å². The third kappa shape index (κ3) is 2.69. The second-order valence-corrected chi connectivity index (χ2v) is 3.84. The normalized spacial score (nSPS) is 10.5. The van der Waals surface area contributed by atoms with Crippen LogP contribution in [-0.4, -0.2) is 25.5 Å². The number of sulfonamides is 1. The molecule has 0 N–H and O–H groups in total. The molecule has 10 heavy (non-hydrogen) atoms. The largest absolute Gasteiger partial charge is 0.240 e. The molecule has 0 saturated carbocycles. The van der Waals surface area contributed by atoms with Gasteiger partial charge >= 0.3 is 0 Å². The monoisotopic (exact) mass is 162 g/mol. The average molecular weight is 162 g/mol. The van der Waals surface area contributed by atoms with Crippen molar-refractivity contribution in [3.05, 3.63) is 0 Å².